The van der Waals surface area contributed by atoms with Crippen molar-refractivity contribution in [2.24, 2.45) is 0 Å². The fourth-order valence-electron chi connectivity index (χ4n) is 4.24. The van der Waals surface area contributed by atoms with Gasteiger partial charge >= 0.3 is 5.97 Å². The number of aromatic nitrogens is 2. The van der Waals surface area contributed by atoms with Crippen LogP contribution >= 0.6 is 0 Å². The molecule has 0 spiro atoms. The van der Waals surface area contributed by atoms with Gasteiger partial charge in [0, 0.05) is 23.9 Å². The number of amides is 2. The number of hydrogen-bond acceptors (Lipinski definition) is 7. The van der Waals surface area contributed by atoms with Crippen LogP contribution < -0.4 is 19.7 Å². The highest BCUT2D eigenvalue weighted by molar-refractivity contribution is 6.15. The second kappa shape index (κ2) is 9.49. The number of imidazole rings is 1. The van der Waals surface area contributed by atoms with E-state index in [9.17, 15) is 14.4 Å². The van der Waals surface area contributed by atoms with E-state index in [0.717, 1.165) is 5.56 Å². The number of methoxy groups -OCH3 is 3. The van der Waals surface area contributed by atoms with Crippen molar-refractivity contribution in [2.75, 3.05) is 26.2 Å². The molecule has 2 aromatic carbocycles. The predicted octanol–water partition coefficient (Wildman–Crippen LogP) is 2.42. The third kappa shape index (κ3) is 4.18. The van der Waals surface area contributed by atoms with Gasteiger partial charge in [-0.2, -0.15) is 0 Å². The molecule has 0 aliphatic carbocycles. The lowest BCUT2D eigenvalue weighted by atomic mass is 9.93. The van der Waals surface area contributed by atoms with Gasteiger partial charge in [0.15, 0.2) is 5.69 Å². The summed E-state index contributed by atoms with van der Waals surface area (Å²) in [5.74, 6) is -0.529. The Labute approximate surface area is 202 Å². The lowest BCUT2D eigenvalue weighted by molar-refractivity contribution is -0.126. The number of carbonyl (C=O) groups is 3. The molecule has 0 bridgehead atoms. The predicted molar refractivity (Wildman–Crippen MR) is 127 cm³/mol. The van der Waals surface area contributed by atoms with E-state index in [4.69, 9.17) is 14.2 Å². The Bertz CT molecular complexity index is 1290. The van der Waals surface area contributed by atoms with Gasteiger partial charge in [0.1, 0.15) is 22.7 Å². The number of anilines is 1. The van der Waals surface area contributed by atoms with Crippen LogP contribution in [0.15, 0.2) is 54.9 Å². The lowest BCUT2D eigenvalue weighted by Crippen LogP contribution is -2.64. The topological polar surface area (TPSA) is 112 Å². The first-order valence-corrected chi connectivity index (χ1v) is 10.9. The van der Waals surface area contributed by atoms with Crippen molar-refractivity contribution < 1.29 is 28.6 Å². The molecule has 0 radical (unpaired) electrons. The Kier molecular flexibility index (Phi) is 6.46. The van der Waals surface area contributed by atoms with Crippen LogP contribution in [0, 0.1) is 0 Å². The third-order valence-electron chi connectivity index (χ3n) is 6.03. The van der Waals surface area contributed by atoms with Gasteiger partial charge in [0.2, 0.25) is 5.91 Å². The SMILES string of the molecule is COC(=O)c1ncn2c1C(=O)N(c1cccc(OC)c1)[C@@](C)(C(=O)NCc1ccccc1OC)C2. The summed E-state index contributed by atoms with van der Waals surface area (Å²) in [6.07, 6.45) is 1.37. The quantitative estimate of drug-likeness (QED) is 0.519. The molecule has 0 saturated heterocycles. The highest BCUT2D eigenvalue weighted by Gasteiger charge is 2.49. The van der Waals surface area contributed by atoms with Crippen LogP contribution in [0.1, 0.15) is 33.5 Å². The first-order valence-electron chi connectivity index (χ1n) is 10.9. The molecular formula is C25H26N4O6. The fraction of sp³-hybridized carbons (Fsp3) is 0.280. The van der Waals surface area contributed by atoms with Crippen molar-refractivity contribution in [1.29, 1.82) is 0 Å². The van der Waals surface area contributed by atoms with Crippen molar-refractivity contribution in [1.82, 2.24) is 14.9 Å². The molecular weight excluding hydrogens is 452 g/mol. The molecule has 2 heterocycles. The molecule has 3 aromatic rings. The van der Waals surface area contributed by atoms with Gasteiger partial charge in [-0.25, -0.2) is 9.78 Å². The van der Waals surface area contributed by atoms with Gasteiger partial charge in [-0.05, 0) is 25.1 Å². The molecule has 1 aromatic heterocycles. The molecule has 10 nitrogen and oxygen atoms in total. The summed E-state index contributed by atoms with van der Waals surface area (Å²) in [5.41, 5.74) is -0.186. The van der Waals surface area contributed by atoms with Gasteiger partial charge in [-0.1, -0.05) is 24.3 Å². The van der Waals surface area contributed by atoms with Gasteiger partial charge in [0.05, 0.1) is 34.2 Å². The second-order valence-corrected chi connectivity index (χ2v) is 8.17. The number of esters is 1. The molecule has 1 aliphatic heterocycles. The molecule has 0 saturated carbocycles. The van der Waals surface area contributed by atoms with Gasteiger partial charge in [0.25, 0.3) is 5.91 Å². The maximum absolute atomic E-state index is 13.8. The monoisotopic (exact) mass is 478 g/mol. The number of para-hydroxylation sites is 1. The fourth-order valence-corrected chi connectivity index (χ4v) is 4.24. The van der Waals surface area contributed by atoms with Crippen molar-refractivity contribution in [3.63, 3.8) is 0 Å². The van der Waals surface area contributed by atoms with Crippen LogP contribution in [0.2, 0.25) is 0 Å². The minimum Gasteiger partial charge on any atom is -0.497 e. The number of fused-ring (bicyclic) bond motifs is 1. The van der Waals surface area contributed by atoms with E-state index in [0.29, 0.717) is 17.2 Å². The van der Waals surface area contributed by atoms with Crippen LogP contribution in [0.5, 0.6) is 11.5 Å². The Hall–Kier alpha value is -4.34. The molecule has 4 rings (SSSR count). The largest absolute Gasteiger partial charge is 0.497 e. The van der Waals surface area contributed by atoms with Crippen molar-refractivity contribution in [3.05, 3.63) is 71.8 Å². The van der Waals surface area contributed by atoms with Crippen LogP contribution in [0.3, 0.4) is 0 Å². The minimum atomic E-state index is -1.35. The van der Waals surface area contributed by atoms with E-state index in [2.05, 4.69) is 10.3 Å². The molecule has 0 unspecified atom stereocenters. The average Bonchev–Trinajstić information content (AvgIpc) is 3.30. The van der Waals surface area contributed by atoms with Gasteiger partial charge in [-0.3, -0.25) is 14.5 Å². The summed E-state index contributed by atoms with van der Waals surface area (Å²) >= 11 is 0. The molecule has 182 valence electrons. The van der Waals surface area contributed by atoms with Gasteiger partial charge in [-0.15, -0.1) is 0 Å². The van der Waals surface area contributed by atoms with Crippen LogP contribution in [-0.2, 0) is 22.6 Å². The van der Waals surface area contributed by atoms with Crippen LogP contribution in [0.25, 0.3) is 0 Å². The molecule has 0 fully saturated rings. The zero-order valence-corrected chi connectivity index (χ0v) is 19.9. The smallest absolute Gasteiger partial charge is 0.359 e. The maximum Gasteiger partial charge on any atom is 0.359 e. The standard InChI is InChI=1S/C25H26N4O6/c1-25(24(32)26-13-16-8-5-6-11-19(16)34-3)14-28-15-27-20(23(31)35-4)21(28)22(30)29(25)17-9-7-10-18(12-17)33-2/h5-12,15H,13-14H2,1-4H3,(H,26,32)/t25-/m1/s1. The van der Waals surface area contributed by atoms with E-state index >= 15 is 0 Å². The van der Waals surface area contributed by atoms with Crippen molar-refractivity contribution in [3.8, 4) is 11.5 Å². The Morgan fingerprint density at radius 3 is 2.57 bits per heavy atom. The highest BCUT2D eigenvalue weighted by atomic mass is 16.5. The molecule has 1 atom stereocenters. The highest BCUT2D eigenvalue weighted by Crippen LogP contribution is 2.35. The first kappa shape index (κ1) is 23.8. The normalized spacial score (nSPS) is 16.9. The number of hydrogen-bond donors (Lipinski definition) is 1. The molecule has 10 heteroatoms. The summed E-state index contributed by atoms with van der Waals surface area (Å²) in [5, 5.41) is 2.93. The third-order valence-corrected chi connectivity index (χ3v) is 6.03. The Morgan fingerprint density at radius 1 is 1.09 bits per heavy atom. The summed E-state index contributed by atoms with van der Waals surface area (Å²) in [4.78, 5) is 45.2. The van der Waals surface area contributed by atoms with Crippen molar-refractivity contribution in [2.45, 2.75) is 25.6 Å². The summed E-state index contributed by atoms with van der Waals surface area (Å²) in [6, 6.07) is 14.2. The number of carbonyl (C=O) groups excluding carboxylic acids is 3. The van der Waals surface area contributed by atoms with E-state index < -0.39 is 23.3 Å². The number of nitrogens with zero attached hydrogens (tertiary/aromatic N) is 3. The van der Waals surface area contributed by atoms with E-state index in [-0.39, 0.29) is 24.5 Å². The van der Waals surface area contributed by atoms with E-state index in [1.807, 2.05) is 24.3 Å². The summed E-state index contributed by atoms with van der Waals surface area (Å²) in [7, 11) is 4.29. The lowest BCUT2D eigenvalue weighted by Gasteiger charge is -2.43. The number of ether oxygens (including phenoxy) is 3. The zero-order valence-electron chi connectivity index (χ0n) is 19.9. The maximum atomic E-state index is 13.8. The minimum absolute atomic E-state index is 0.0506. The number of nitrogens with one attached hydrogen (secondary N) is 1. The summed E-state index contributed by atoms with van der Waals surface area (Å²) in [6.45, 7) is 1.93. The first-order chi connectivity index (χ1) is 16.8. The molecule has 2 amide bonds. The Morgan fingerprint density at radius 2 is 1.86 bits per heavy atom. The van der Waals surface area contributed by atoms with E-state index in [1.54, 1.807) is 38.3 Å². The van der Waals surface area contributed by atoms with Crippen LogP contribution in [-0.4, -0.2) is 54.2 Å². The second-order valence-electron chi connectivity index (χ2n) is 8.17. The zero-order chi connectivity index (χ0) is 25.2. The van der Waals surface area contributed by atoms with Gasteiger partial charge < -0.3 is 24.1 Å². The van der Waals surface area contributed by atoms with Crippen LogP contribution in [0.4, 0.5) is 5.69 Å². The number of rotatable bonds is 7. The molecule has 35 heavy (non-hydrogen) atoms. The molecule has 1 N–H and O–H groups in total. The molecule has 1 aliphatic rings. The number of benzene rings is 2. The average molecular weight is 479 g/mol. The van der Waals surface area contributed by atoms with E-state index in [1.165, 1.54) is 30.0 Å². The summed E-state index contributed by atoms with van der Waals surface area (Å²) < 4.78 is 17.0. The van der Waals surface area contributed by atoms with Crippen molar-refractivity contribution >= 4 is 23.5 Å². The Balaban J connectivity index is 1.76.